The number of carbonyl (C=O) groups excluding carboxylic acids is 1. The molecule has 1 unspecified atom stereocenters. The maximum atomic E-state index is 10.7. The third-order valence-electron chi connectivity index (χ3n) is 2.49. The maximum Gasteiger partial charge on any atom is 0.152 e. The summed E-state index contributed by atoms with van der Waals surface area (Å²) in [5, 5.41) is 0. The lowest BCUT2D eigenvalue weighted by Crippen LogP contribution is -1.79. The van der Waals surface area contributed by atoms with Crippen molar-refractivity contribution in [2.24, 2.45) is 5.92 Å². The van der Waals surface area contributed by atoms with Gasteiger partial charge in [-0.3, -0.25) is 4.79 Å². The van der Waals surface area contributed by atoms with E-state index in [4.69, 9.17) is 0 Å². The van der Waals surface area contributed by atoms with E-state index < -0.39 is 0 Å². The van der Waals surface area contributed by atoms with Gasteiger partial charge in [0.1, 0.15) is 0 Å². The lowest BCUT2D eigenvalue weighted by molar-refractivity contribution is -0.112. The molecule has 0 amide bonds. The Morgan fingerprint density at radius 2 is 2.07 bits per heavy atom. The quantitative estimate of drug-likeness (QED) is 0.681. The van der Waals surface area contributed by atoms with Crippen molar-refractivity contribution in [3.05, 3.63) is 53.6 Å². The summed E-state index contributed by atoms with van der Waals surface area (Å²) >= 11 is 0. The molecule has 2 rings (SSSR count). The van der Waals surface area contributed by atoms with Crippen molar-refractivity contribution in [2.75, 3.05) is 0 Å². The van der Waals surface area contributed by atoms with Crippen LogP contribution in [0, 0.1) is 5.92 Å². The van der Waals surface area contributed by atoms with Crippen LogP contribution >= 0.6 is 0 Å². The fraction of sp³-hybridized carbons (Fsp3) is 0.214. The van der Waals surface area contributed by atoms with E-state index in [0.29, 0.717) is 5.92 Å². The second-order valence-corrected chi connectivity index (χ2v) is 3.91. The van der Waals surface area contributed by atoms with Crippen LogP contribution in [0.25, 0.3) is 6.08 Å². The standard InChI is InChI=1S/C14H14O/c1-11(15)7-8-13-10-14(13)9-12-5-3-2-4-6-12/h2-9,13H,10H2,1H3/b8-7+,14-9+. The van der Waals surface area contributed by atoms with Gasteiger partial charge in [-0.05, 0) is 25.0 Å². The van der Waals surface area contributed by atoms with Gasteiger partial charge in [-0.25, -0.2) is 0 Å². The van der Waals surface area contributed by atoms with Gasteiger partial charge in [-0.2, -0.15) is 0 Å². The van der Waals surface area contributed by atoms with Crippen molar-refractivity contribution < 1.29 is 4.79 Å². The zero-order chi connectivity index (χ0) is 10.7. The minimum absolute atomic E-state index is 0.126. The van der Waals surface area contributed by atoms with Crippen molar-refractivity contribution in [3.8, 4) is 0 Å². The third-order valence-corrected chi connectivity index (χ3v) is 2.49. The molecule has 0 heterocycles. The van der Waals surface area contributed by atoms with Gasteiger partial charge in [0, 0.05) is 5.92 Å². The van der Waals surface area contributed by atoms with E-state index in [1.165, 1.54) is 11.1 Å². The average molecular weight is 198 g/mol. The van der Waals surface area contributed by atoms with Gasteiger partial charge < -0.3 is 0 Å². The Kier molecular flexibility index (Phi) is 2.82. The first-order chi connectivity index (χ1) is 7.25. The molecule has 0 N–H and O–H groups in total. The molecule has 76 valence electrons. The van der Waals surface area contributed by atoms with E-state index in [2.05, 4.69) is 18.2 Å². The molecule has 1 aliphatic rings. The normalized spacial score (nSPS) is 22.2. The Morgan fingerprint density at radius 3 is 2.73 bits per heavy atom. The van der Waals surface area contributed by atoms with Gasteiger partial charge in [0.2, 0.25) is 0 Å². The molecule has 1 heteroatoms. The lowest BCUT2D eigenvalue weighted by atomic mass is 10.2. The summed E-state index contributed by atoms with van der Waals surface area (Å²) in [7, 11) is 0. The summed E-state index contributed by atoms with van der Waals surface area (Å²) in [5.74, 6) is 0.620. The molecule has 1 fully saturated rings. The molecule has 0 spiro atoms. The predicted molar refractivity (Wildman–Crippen MR) is 62.3 cm³/mol. The highest BCUT2D eigenvalue weighted by atomic mass is 16.1. The van der Waals surface area contributed by atoms with Gasteiger partial charge in [-0.15, -0.1) is 0 Å². The van der Waals surface area contributed by atoms with E-state index in [-0.39, 0.29) is 5.78 Å². The van der Waals surface area contributed by atoms with Crippen molar-refractivity contribution in [1.29, 1.82) is 0 Å². The molecule has 0 bridgehead atoms. The van der Waals surface area contributed by atoms with Crippen LogP contribution in [0.5, 0.6) is 0 Å². The molecule has 1 aliphatic carbocycles. The first-order valence-electron chi connectivity index (χ1n) is 5.20. The van der Waals surface area contributed by atoms with Gasteiger partial charge in [0.05, 0.1) is 0 Å². The Labute approximate surface area is 90.1 Å². The second kappa shape index (κ2) is 4.26. The third kappa shape index (κ3) is 2.91. The van der Waals surface area contributed by atoms with Crippen molar-refractivity contribution in [1.82, 2.24) is 0 Å². The highest BCUT2D eigenvalue weighted by Crippen LogP contribution is 2.40. The first-order valence-corrected chi connectivity index (χ1v) is 5.20. The summed E-state index contributed by atoms with van der Waals surface area (Å²) in [5.41, 5.74) is 2.66. The Bertz CT molecular complexity index is 412. The smallest absolute Gasteiger partial charge is 0.152 e. The number of ketones is 1. The van der Waals surface area contributed by atoms with Crippen LogP contribution < -0.4 is 0 Å². The number of benzene rings is 1. The van der Waals surface area contributed by atoms with E-state index in [1.807, 2.05) is 24.3 Å². The van der Waals surface area contributed by atoms with Crippen LogP contribution in [0.2, 0.25) is 0 Å². The Balaban J connectivity index is 1.99. The number of allylic oxidation sites excluding steroid dienone is 3. The van der Waals surface area contributed by atoms with Crippen LogP contribution in [-0.4, -0.2) is 5.78 Å². The molecule has 1 saturated carbocycles. The molecular formula is C14H14O. The molecule has 1 atom stereocenters. The molecule has 15 heavy (non-hydrogen) atoms. The molecule has 0 aromatic heterocycles. The monoisotopic (exact) mass is 198 g/mol. The van der Waals surface area contributed by atoms with Crippen LogP contribution in [-0.2, 0) is 4.79 Å². The number of carbonyl (C=O) groups is 1. The topological polar surface area (TPSA) is 17.1 Å². The Hall–Kier alpha value is -1.63. The van der Waals surface area contributed by atoms with Crippen molar-refractivity contribution in [2.45, 2.75) is 13.3 Å². The Morgan fingerprint density at radius 1 is 1.33 bits per heavy atom. The summed E-state index contributed by atoms with van der Waals surface area (Å²) in [6.45, 7) is 1.58. The predicted octanol–water partition coefficient (Wildman–Crippen LogP) is 3.24. The molecule has 0 aliphatic heterocycles. The van der Waals surface area contributed by atoms with E-state index in [1.54, 1.807) is 13.0 Å². The fourth-order valence-corrected chi connectivity index (χ4v) is 1.57. The summed E-state index contributed by atoms with van der Waals surface area (Å²) in [4.78, 5) is 10.7. The number of hydrogen-bond donors (Lipinski definition) is 0. The van der Waals surface area contributed by atoms with Crippen LogP contribution in [0.3, 0.4) is 0 Å². The lowest BCUT2D eigenvalue weighted by Gasteiger charge is -1.89. The van der Waals surface area contributed by atoms with Crippen molar-refractivity contribution in [3.63, 3.8) is 0 Å². The molecule has 1 aromatic rings. The van der Waals surface area contributed by atoms with E-state index >= 15 is 0 Å². The summed E-state index contributed by atoms with van der Waals surface area (Å²) in [6, 6.07) is 10.3. The van der Waals surface area contributed by atoms with Gasteiger partial charge in [-0.1, -0.05) is 48.1 Å². The van der Waals surface area contributed by atoms with Crippen LogP contribution in [0.1, 0.15) is 18.9 Å². The average Bonchev–Trinajstić information content (AvgIpc) is 2.95. The maximum absolute atomic E-state index is 10.7. The van der Waals surface area contributed by atoms with E-state index in [0.717, 1.165) is 6.42 Å². The zero-order valence-corrected chi connectivity index (χ0v) is 8.81. The van der Waals surface area contributed by atoms with E-state index in [9.17, 15) is 4.79 Å². The van der Waals surface area contributed by atoms with Crippen LogP contribution in [0.15, 0.2) is 48.1 Å². The molecular weight excluding hydrogens is 184 g/mol. The molecule has 0 saturated heterocycles. The zero-order valence-electron chi connectivity index (χ0n) is 8.81. The molecule has 1 nitrogen and oxygen atoms in total. The number of hydrogen-bond acceptors (Lipinski definition) is 1. The van der Waals surface area contributed by atoms with Crippen LogP contribution in [0.4, 0.5) is 0 Å². The summed E-state index contributed by atoms with van der Waals surface area (Å²) < 4.78 is 0. The van der Waals surface area contributed by atoms with Gasteiger partial charge in [0.15, 0.2) is 5.78 Å². The minimum Gasteiger partial charge on any atom is -0.295 e. The SMILES string of the molecule is CC(=O)/C=C/C1C/C1=C\c1ccccc1. The fourth-order valence-electron chi connectivity index (χ4n) is 1.57. The minimum atomic E-state index is 0.126. The van der Waals surface area contributed by atoms with Crippen molar-refractivity contribution >= 4 is 11.9 Å². The second-order valence-electron chi connectivity index (χ2n) is 3.91. The summed E-state index contributed by atoms with van der Waals surface area (Å²) in [6.07, 6.45) is 6.96. The van der Waals surface area contributed by atoms with Gasteiger partial charge in [0.25, 0.3) is 0 Å². The highest BCUT2D eigenvalue weighted by Gasteiger charge is 2.26. The molecule has 1 aromatic carbocycles. The highest BCUT2D eigenvalue weighted by molar-refractivity contribution is 5.87. The largest absolute Gasteiger partial charge is 0.295 e. The first kappa shape index (κ1) is 9.91. The number of rotatable bonds is 3. The van der Waals surface area contributed by atoms with Gasteiger partial charge >= 0.3 is 0 Å². The molecule has 0 radical (unpaired) electrons.